The van der Waals surface area contributed by atoms with Crippen LogP contribution in [0.15, 0.2) is 57.6 Å². The number of benzene rings is 1. The first-order valence-corrected chi connectivity index (χ1v) is 10.8. The molecule has 1 aliphatic rings. The van der Waals surface area contributed by atoms with Gasteiger partial charge in [-0.3, -0.25) is 4.79 Å². The molecule has 0 spiro atoms. The molecule has 5 rings (SSSR count). The molecule has 1 atom stereocenters. The lowest BCUT2D eigenvalue weighted by Crippen LogP contribution is -2.39. The number of nitrogens with zero attached hydrogens (tertiary/aromatic N) is 2. The summed E-state index contributed by atoms with van der Waals surface area (Å²) in [6.45, 7) is 0.766. The summed E-state index contributed by atoms with van der Waals surface area (Å²) in [5.74, 6) is 0.790. The summed E-state index contributed by atoms with van der Waals surface area (Å²) in [6.07, 6.45) is 1.87. The number of carbonyl (C=O) groups excluding carboxylic acids is 1. The molecular formula is C21H18N2O2S2. The van der Waals surface area contributed by atoms with Gasteiger partial charge < -0.3 is 9.32 Å². The van der Waals surface area contributed by atoms with E-state index in [2.05, 4.69) is 33.9 Å². The first-order chi connectivity index (χ1) is 13.3. The van der Waals surface area contributed by atoms with Crippen LogP contribution in [0.1, 0.15) is 33.7 Å². The second kappa shape index (κ2) is 6.94. The van der Waals surface area contributed by atoms with Crippen LogP contribution < -0.4 is 0 Å². The second-order valence-electron chi connectivity index (χ2n) is 6.63. The lowest BCUT2D eigenvalue weighted by molar-refractivity contribution is -0.133. The Morgan fingerprint density at radius 2 is 2.07 bits per heavy atom. The summed E-state index contributed by atoms with van der Waals surface area (Å²) in [5, 5.41) is 4.22. The zero-order valence-electron chi connectivity index (χ0n) is 14.6. The van der Waals surface area contributed by atoms with Crippen molar-refractivity contribution >= 4 is 39.7 Å². The van der Waals surface area contributed by atoms with Crippen LogP contribution in [0.4, 0.5) is 0 Å². The molecule has 1 amide bonds. The van der Waals surface area contributed by atoms with Gasteiger partial charge in [0.2, 0.25) is 5.91 Å². The van der Waals surface area contributed by atoms with E-state index in [4.69, 9.17) is 4.42 Å². The van der Waals surface area contributed by atoms with Gasteiger partial charge in [0.25, 0.3) is 0 Å². The van der Waals surface area contributed by atoms with Crippen LogP contribution in [0.3, 0.4) is 0 Å². The molecular weight excluding hydrogens is 376 g/mol. The van der Waals surface area contributed by atoms with Gasteiger partial charge in [0.1, 0.15) is 5.52 Å². The minimum Gasteiger partial charge on any atom is -0.441 e. The van der Waals surface area contributed by atoms with E-state index in [0.29, 0.717) is 18.7 Å². The molecule has 0 aliphatic carbocycles. The van der Waals surface area contributed by atoms with E-state index in [1.54, 1.807) is 22.7 Å². The molecule has 4 heterocycles. The summed E-state index contributed by atoms with van der Waals surface area (Å²) in [4.78, 5) is 22.2. The van der Waals surface area contributed by atoms with Crippen molar-refractivity contribution in [3.8, 4) is 0 Å². The lowest BCUT2D eigenvalue weighted by Gasteiger charge is -2.35. The fraction of sp³-hybridized carbons (Fsp3) is 0.238. The Balaban J connectivity index is 1.37. The Bertz CT molecular complexity index is 1050. The molecule has 1 aliphatic heterocycles. The van der Waals surface area contributed by atoms with Crippen LogP contribution in [0.2, 0.25) is 0 Å². The van der Waals surface area contributed by atoms with Crippen LogP contribution in [0.5, 0.6) is 0 Å². The van der Waals surface area contributed by atoms with Gasteiger partial charge in [-0.05, 0) is 47.0 Å². The van der Waals surface area contributed by atoms with E-state index in [-0.39, 0.29) is 11.9 Å². The number of hydrogen-bond acceptors (Lipinski definition) is 5. The number of oxazole rings is 1. The maximum Gasteiger partial charge on any atom is 0.223 e. The Morgan fingerprint density at radius 3 is 2.93 bits per heavy atom. The third-order valence-electron chi connectivity index (χ3n) is 4.99. The Kier molecular flexibility index (Phi) is 4.30. The number of aromatic nitrogens is 1. The largest absolute Gasteiger partial charge is 0.441 e. The second-order valence-corrected chi connectivity index (χ2v) is 8.61. The first kappa shape index (κ1) is 16.7. The molecule has 0 unspecified atom stereocenters. The predicted octanol–water partition coefficient (Wildman–Crippen LogP) is 5.06. The van der Waals surface area contributed by atoms with Crippen LogP contribution in [0, 0.1) is 0 Å². The Hall–Kier alpha value is -2.44. The highest BCUT2D eigenvalue weighted by atomic mass is 32.1. The number of hydrogen-bond donors (Lipinski definition) is 0. The van der Waals surface area contributed by atoms with Gasteiger partial charge in [-0.2, -0.15) is 0 Å². The zero-order chi connectivity index (χ0) is 18.2. The predicted molar refractivity (Wildman–Crippen MR) is 108 cm³/mol. The minimum absolute atomic E-state index is 0.0381. The summed E-state index contributed by atoms with van der Waals surface area (Å²) >= 11 is 3.51. The van der Waals surface area contributed by atoms with Crippen molar-refractivity contribution in [2.45, 2.75) is 25.3 Å². The van der Waals surface area contributed by atoms with Gasteiger partial charge in [-0.1, -0.05) is 18.2 Å². The van der Waals surface area contributed by atoms with Gasteiger partial charge in [0.15, 0.2) is 11.5 Å². The van der Waals surface area contributed by atoms with Crippen molar-refractivity contribution < 1.29 is 9.21 Å². The number of thiophene rings is 2. The van der Waals surface area contributed by atoms with E-state index >= 15 is 0 Å². The summed E-state index contributed by atoms with van der Waals surface area (Å²) < 4.78 is 5.77. The van der Waals surface area contributed by atoms with Crippen molar-refractivity contribution in [3.05, 3.63) is 74.4 Å². The lowest BCUT2D eigenvalue weighted by atomic mass is 9.98. The average molecular weight is 395 g/mol. The van der Waals surface area contributed by atoms with Crippen molar-refractivity contribution in [1.29, 1.82) is 0 Å². The maximum atomic E-state index is 13.1. The van der Waals surface area contributed by atoms with Crippen LogP contribution in [0.25, 0.3) is 11.1 Å². The van der Waals surface area contributed by atoms with Crippen LogP contribution in [-0.2, 0) is 17.6 Å². The van der Waals surface area contributed by atoms with E-state index in [1.165, 1.54) is 15.3 Å². The van der Waals surface area contributed by atoms with Gasteiger partial charge in [-0.15, -0.1) is 22.7 Å². The molecule has 1 aromatic carbocycles. The number of rotatable bonds is 4. The molecule has 0 saturated carbocycles. The average Bonchev–Trinajstić information content (AvgIpc) is 3.45. The Morgan fingerprint density at radius 1 is 1.15 bits per heavy atom. The van der Waals surface area contributed by atoms with Crippen LogP contribution in [-0.4, -0.2) is 22.3 Å². The van der Waals surface area contributed by atoms with Gasteiger partial charge >= 0.3 is 0 Å². The quantitative estimate of drug-likeness (QED) is 0.486. The smallest absolute Gasteiger partial charge is 0.223 e. The molecule has 0 N–H and O–H groups in total. The third-order valence-corrected chi connectivity index (χ3v) is 6.91. The molecule has 6 heteroatoms. The van der Waals surface area contributed by atoms with Gasteiger partial charge in [0.05, 0.1) is 6.04 Å². The number of fused-ring (bicyclic) bond motifs is 2. The fourth-order valence-corrected chi connectivity index (χ4v) is 5.48. The molecule has 0 radical (unpaired) electrons. The SMILES string of the molecule is O=C(CCc1nc2ccccc2o1)N1CCc2sccc2[C@@H]1c1cccs1. The molecule has 27 heavy (non-hydrogen) atoms. The van der Waals surface area contributed by atoms with E-state index in [0.717, 1.165) is 24.1 Å². The first-order valence-electron chi connectivity index (χ1n) is 9.03. The normalized spacial score (nSPS) is 16.6. The highest BCUT2D eigenvalue weighted by molar-refractivity contribution is 7.10. The number of carbonyl (C=O) groups is 1. The summed E-state index contributed by atoms with van der Waals surface area (Å²) in [6, 6.07) is 14.1. The Labute approximate surface area is 165 Å². The molecule has 4 aromatic rings. The summed E-state index contributed by atoms with van der Waals surface area (Å²) in [7, 11) is 0. The van der Waals surface area contributed by atoms with Crippen molar-refractivity contribution in [2.75, 3.05) is 6.54 Å². The molecule has 3 aromatic heterocycles. The fourth-order valence-electron chi connectivity index (χ4n) is 3.72. The topological polar surface area (TPSA) is 46.3 Å². The van der Waals surface area contributed by atoms with Crippen molar-refractivity contribution in [1.82, 2.24) is 9.88 Å². The van der Waals surface area contributed by atoms with Crippen LogP contribution >= 0.6 is 22.7 Å². The van der Waals surface area contributed by atoms with E-state index in [1.807, 2.05) is 29.2 Å². The van der Waals surface area contributed by atoms with Gasteiger partial charge in [-0.25, -0.2) is 4.98 Å². The molecule has 136 valence electrons. The van der Waals surface area contributed by atoms with Crippen molar-refractivity contribution in [2.24, 2.45) is 0 Å². The summed E-state index contributed by atoms with van der Waals surface area (Å²) in [5.41, 5.74) is 2.90. The van der Waals surface area contributed by atoms with E-state index < -0.39 is 0 Å². The molecule has 0 fully saturated rings. The zero-order valence-corrected chi connectivity index (χ0v) is 16.3. The highest BCUT2D eigenvalue weighted by Gasteiger charge is 2.33. The monoisotopic (exact) mass is 394 g/mol. The minimum atomic E-state index is 0.0381. The van der Waals surface area contributed by atoms with Gasteiger partial charge in [0, 0.05) is 29.1 Å². The standard InChI is InChI=1S/C21H18N2O2S2/c24-20(8-7-19-22-15-4-1-2-5-16(15)25-19)23-11-9-17-14(10-13-27-17)21(23)18-6-3-12-26-18/h1-6,10,12-13,21H,7-9,11H2/t21-/m1/s1. The molecule has 0 bridgehead atoms. The van der Waals surface area contributed by atoms with E-state index in [9.17, 15) is 4.79 Å². The third kappa shape index (κ3) is 3.09. The molecule has 4 nitrogen and oxygen atoms in total. The maximum absolute atomic E-state index is 13.1. The highest BCUT2D eigenvalue weighted by Crippen LogP contribution is 2.39. The number of para-hydroxylation sites is 2. The number of amides is 1. The molecule has 0 saturated heterocycles. The van der Waals surface area contributed by atoms with Crippen molar-refractivity contribution in [3.63, 3.8) is 0 Å². The number of aryl methyl sites for hydroxylation is 1.